The van der Waals surface area contributed by atoms with Crippen LogP contribution >= 0.6 is 0 Å². The van der Waals surface area contributed by atoms with Gasteiger partial charge in [0.05, 0.1) is 6.10 Å². The molecule has 0 aromatic heterocycles. The minimum Gasteiger partial charge on any atom is -0.378 e. The first kappa shape index (κ1) is 10.9. The van der Waals surface area contributed by atoms with Crippen molar-refractivity contribution in [2.24, 2.45) is 0 Å². The number of ketones is 1. The van der Waals surface area contributed by atoms with Crippen LogP contribution in [0, 0.1) is 0 Å². The second kappa shape index (κ2) is 5.45. The van der Waals surface area contributed by atoms with Gasteiger partial charge < -0.3 is 4.74 Å². The molecule has 0 spiro atoms. The van der Waals surface area contributed by atoms with E-state index >= 15 is 0 Å². The molecule has 0 aromatic carbocycles. The van der Waals surface area contributed by atoms with Gasteiger partial charge in [-0.15, -0.1) is 0 Å². The van der Waals surface area contributed by atoms with Gasteiger partial charge in [-0.2, -0.15) is 0 Å². The van der Waals surface area contributed by atoms with Crippen molar-refractivity contribution in [1.29, 1.82) is 0 Å². The number of carbonyl (C=O) groups is 1. The lowest BCUT2D eigenvalue weighted by molar-refractivity contribution is -0.116. The van der Waals surface area contributed by atoms with Crippen molar-refractivity contribution in [3.63, 3.8) is 0 Å². The van der Waals surface area contributed by atoms with Crippen LogP contribution in [0.1, 0.15) is 51.4 Å². The molecule has 0 saturated carbocycles. The fourth-order valence-corrected chi connectivity index (χ4v) is 2.42. The van der Waals surface area contributed by atoms with Crippen LogP contribution in [0.3, 0.4) is 0 Å². The van der Waals surface area contributed by atoms with Gasteiger partial charge in [-0.1, -0.05) is 6.08 Å². The smallest absolute Gasteiger partial charge is 0.158 e. The average molecular weight is 208 g/mol. The molecule has 0 bridgehead atoms. The third kappa shape index (κ3) is 3.16. The topological polar surface area (TPSA) is 26.3 Å². The molecule has 1 atom stereocenters. The number of allylic oxidation sites excluding steroid dienone is 2. The summed E-state index contributed by atoms with van der Waals surface area (Å²) in [6.07, 6.45) is 11.0. The maximum Gasteiger partial charge on any atom is 0.158 e. The summed E-state index contributed by atoms with van der Waals surface area (Å²) >= 11 is 0. The van der Waals surface area contributed by atoms with Crippen molar-refractivity contribution in [2.45, 2.75) is 57.5 Å². The van der Waals surface area contributed by atoms with E-state index in [0.717, 1.165) is 37.9 Å². The van der Waals surface area contributed by atoms with Crippen LogP contribution in [0.15, 0.2) is 11.6 Å². The Morgan fingerprint density at radius 3 is 3.00 bits per heavy atom. The molecule has 1 unspecified atom stereocenters. The van der Waals surface area contributed by atoms with Gasteiger partial charge in [0.2, 0.25) is 0 Å². The minimum absolute atomic E-state index is 0.359. The molecule has 15 heavy (non-hydrogen) atoms. The van der Waals surface area contributed by atoms with E-state index in [4.69, 9.17) is 4.74 Å². The lowest BCUT2D eigenvalue weighted by atomic mass is 9.94. The van der Waals surface area contributed by atoms with Crippen molar-refractivity contribution in [2.75, 3.05) is 6.61 Å². The van der Waals surface area contributed by atoms with E-state index in [-0.39, 0.29) is 0 Å². The van der Waals surface area contributed by atoms with Crippen molar-refractivity contribution >= 4 is 5.78 Å². The van der Waals surface area contributed by atoms with Gasteiger partial charge in [0, 0.05) is 13.0 Å². The first-order valence-corrected chi connectivity index (χ1v) is 6.20. The van der Waals surface area contributed by atoms with E-state index < -0.39 is 0 Å². The second-order valence-electron chi connectivity index (χ2n) is 4.57. The maximum absolute atomic E-state index is 11.8. The van der Waals surface area contributed by atoms with Crippen molar-refractivity contribution < 1.29 is 9.53 Å². The Balaban J connectivity index is 1.73. The largest absolute Gasteiger partial charge is 0.378 e. The van der Waals surface area contributed by atoms with Crippen LogP contribution < -0.4 is 0 Å². The van der Waals surface area contributed by atoms with Gasteiger partial charge in [-0.05, 0) is 50.5 Å². The summed E-state index contributed by atoms with van der Waals surface area (Å²) in [7, 11) is 0. The molecule has 2 rings (SSSR count). The molecule has 1 aliphatic carbocycles. The number of ether oxygens (including phenoxy) is 1. The minimum atomic E-state index is 0.359. The fourth-order valence-electron chi connectivity index (χ4n) is 2.42. The summed E-state index contributed by atoms with van der Waals surface area (Å²) in [4.78, 5) is 11.8. The van der Waals surface area contributed by atoms with E-state index in [0.29, 0.717) is 18.3 Å². The first-order valence-electron chi connectivity index (χ1n) is 6.20. The number of rotatable bonds is 4. The third-order valence-corrected chi connectivity index (χ3v) is 3.37. The van der Waals surface area contributed by atoms with E-state index in [1.807, 2.05) is 0 Å². The zero-order chi connectivity index (χ0) is 10.5. The van der Waals surface area contributed by atoms with Crippen LogP contribution in [0.2, 0.25) is 0 Å². The number of hydrogen-bond acceptors (Lipinski definition) is 2. The zero-order valence-corrected chi connectivity index (χ0v) is 9.34. The Labute approximate surface area is 91.7 Å². The van der Waals surface area contributed by atoms with E-state index in [1.54, 1.807) is 0 Å². The molecule has 0 amide bonds. The number of carbonyl (C=O) groups excluding carboxylic acids is 1. The standard InChI is InChI=1S/C13H20O2/c14-13(11-5-2-1-3-6-11)9-8-12-7-4-10-15-12/h5,12H,1-4,6-10H2. The molecule has 1 aliphatic heterocycles. The fraction of sp³-hybridized carbons (Fsp3) is 0.769. The Hall–Kier alpha value is -0.630. The van der Waals surface area contributed by atoms with Gasteiger partial charge >= 0.3 is 0 Å². The van der Waals surface area contributed by atoms with Crippen LogP contribution in [-0.2, 0) is 9.53 Å². The first-order chi connectivity index (χ1) is 7.36. The highest BCUT2D eigenvalue weighted by atomic mass is 16.5. The molecule has 84 valence electrons. The number of hydrogen-bond donors (Lipinski definition) is 0. The Morgan fingerprint density at radius 2 is 2.33 bits per heavy atom. The summed E-state index contributed by atoms with van der Waals surface area (Å²) in [5.41, 5.74) is 1.08. The second-order valence-corrected chi connectivity index (χ2v) is 4.57. The number of Topliss-reactive ketones (excluding diaryl/α,β-unsaturated/α-hetero) is 1. The monoisotopic (exact) mass is 208 g/mol. The molecular weight excluding hydrogens is 188 g/mol. The predicted octanol–water partition coefficient (Wildman–Crippen LogP) is 3.02. The van der Waals surface area contributed by atoms with Crippen molar-refractivity contribution in [3.8, 4) is 0 Å². The van der Waals surface area contributed by atoms with Gasteiger partial charge in [0.25, 0.3) is 0 Å². The average Bonchev–Trinajstić information content (AvgIpc) is 2.80. The van der Waals surface area contributed by atoms with Gasteiger partial charge in [-0.25, -0.2) is 0 Å². The molecule has 2 nitrogen and oxygen atoms in total. The molecule has 0 N–H and O–H groups in total. The van der Waals surface area contributed by atoms with E-state index in [9.17, 15) is 4.79 Å². The van der Waals surface area contributed by atoms with Gasteiger partial charge in [-0.3, -0.25) is 4.79 Å². The van der Waals surface area contributed by atoms with Crippen LogP contribution in [-0.4, -0.2) is 18.5 Å². The van der Waals surface area contributed by atoms with Crippen LogP contribution in [0.5, 0.6) is 0 Å². The van der Waals surface area contributed by atoms with Gasteiger partial charge in [0.1, 0.15) is 0 Å². The molecule has 1 heterocycles. The van der Waals surface area contributed by atoms with E-state index in [1.165, 1.54) is 19.3 Å². The third-order valence-electron chi connectivity index (χ3n) is 3.37. The molecular formula is C13H20O2. The normalized spacial score (nSPS) is 26.4. The molecule has 0 aromatic rings. The highest BCUT2D eigenvalue weighted by Crippen LogP contribution is 2.22. The summed E-state index contributed by atoms with van der Waals surface area (Å²) in [5.74, 6) is 0.366. The maximum atomic E-state index is 11.8. The highest BCUT2D eigenvalue weighted by Gasteiger charge is 2.18. The van der Waals surface area contributed by atoms with Gasteiger partial charge in [0.15, 0.2) is 5.78 Å². The lowest BCUT2D eigenvalue weighted by Crippen LogP contribution is -2.11. The molecule has 0 radical (unpaired) electrons. The summed E-state index contributed by atoms with van der Waals surface area (Å²) < 4.78 is 5.52. The quantitative estimate of drug-likeness (QED) is 0.710. The van der Waals surface area contributed by atoms with Crippen molar-refractivity contribution in [1.82, 2.24) is 0 Å². The Morgan fingerprint density at radius 1 is 1.40 bits per heavy atom. The van der Waals surface area contributed by atoms with Crippen LogP contribution in [0.4, 0.5) is 0 Å². The van der Waals surface area contributed by atoms with E-state index in [2.05, 4.69) is 6.08 Å². The highest BCUT2D eigenvalue weighted by molar-refractivity contribution is 5.95. The molecule has 1 fully saturated rings. The molecule has 1 saturated heterocycles. The summed E-state index contributed by atoms with van der Waals surface area (Å²) in [6, 6.07) is 0. The summed E-state index contributed by atoms with van der Waals surface area (Å²) in [5, 5.41) is 0. The molecule has 2 heteroatoms. The Bertz CT molecular complexity index is 249. The molecule has 2 aliphatic rings. The van der Waals surface area contributed by atoms with Crippen molar-refractivity contribution in [3.05, 3.63) is 11.6 Å². The Kier molecular flexibility index (Phi) is 3.95. The predicted molar refractivity (Wildman–Crippen MR) is 59.8 cm³/mol. The lowest BCUT2D eigenvalue weighted by Gasteiger charge is -2.13. The zero-order valence-electron chi connectivity index (χ0n) is 9.34. The van der Waals surface area contributed by atoms with Crippen LogP contribution in [0.25, 0.3) is 0 Å². The summed E-state index contributed by atoms with van der Waals surface area (Å²) in [6.45, 7) is 0.890. The SMILES string of the molecule is O=C(CCC1CCCO1)C1=CCCCC1.